The molecule has 0 radical (unpaired) electrons. The third-order valence-electron chi connectivity index (χ3n) is 6.03. The van der Waals surface area contributed by atoms with E-state index in [1.807, 2.05) is 50.2 Å². The number of carbonyl (C=O) groups is 2. The number of fused-ring (bicyclic) bond motifs is 1. The van der Waals surface area contributed by atoms with Gasteiger partial charge in [-0.05, 0) is 69.4 Å². The van der Waals surface area contributed by atoms with Crippen molar-refractivity contribution in [2.45, 2.75) is 25.8 Å². The third-order valence-corrected chi connectivity index (χ3v) is 6.03. The van der Waals surface area contributed by atoms with E-state index in [0.29, 0.717) is 55.6 Å². The molecule has 4 rings (SSSR count). The summed E-state index contributed by atoms with van der Waals surface area (Å²) in [4.78, 5) is 29.9. The molecular weight excluding hydrogens is 448 g/mol. The molecule has 2 aromatic rings. The topological polar surface area (TPSA) is 88.5 Å². The number of amides is 1. The van der Waals surface area contributed by atoms with Gasteiger partial charge in [0.25, 0.3) is 11.7 Å². The molecule has 0 spiro atoms. The number of rotatable bonds is 9. The fraction of sp³-hybridized carbons (Fsp3) is 0.407. The standard InChI is InChI=1S/C27H32N2O6/c1-4-14-33-20-9-6-18(7-10-20)24-23(26(31)27(32)29(24)13-5-12-28(2)3)25(30)19-8-11-21-22(17-19)35-16-15-34-21/h6-11,17,24,30H,4-5,12-16H2,1-3H3/b25-23-. The summed E-state index contributed by atoms with van der Waals surface area (Å²) in [7, 11) is 3.92. The number of hydrogen-bond donors (Lipinski definition) is 1. The van der Waals surface area contributed by atoms with Gasteiger partial charge in [0, 0.05) is 12.1 Å². The van der Waals surface area contributed by atoms with Gasteiger partial charge in [-0.2, -0.15) is 0 Å². The minimum Gasteiger partial charge on any atom is -0.507 e. The van der Waals surface area contributed by atoms with Crippen LogP contribution in [0.4, 0.5) is 0 Å². The van der Waals surface area contributed by atoms with Crippen molar-refractivity contribution in [2.75, 3.05) is 47.0 Å². The first-order valence-corrected chi connectivity index (χ1v) is 12.0. The summed E-state index contributed by atoms with van der Waals surface area (Å²) in [5.74, 6) is 0.252. The molecular formula is C27H32N2O6. The van der Waals surface area contributed by atoms with Crippen molar-refractivity contribution in [3.8, 4) is 17.2 Å². The van der Waals surface area contributed by atoms with Gasteiger partial charge >= 0.3 is 0 Å². The second-order valence-electron chi connectivity index (χ2n) is 8.93. The number of nitrogens with zero attached hydrogens (tertiary/aromatic N) is 2. The molecule has 1 atom stereocenters. The van der Waals surface area contributed by atoms with Gasteiger partial charge in [0.2, 0.25) is 0 Å². The zero-order valence-electron chi connectivity index (χ0n) is 20.5. The summed E-state index contributed by atoms with van der Waals surface area (Å²) in [6.45, 7) is 4.65. The fourth-order valence-corrected chi connectivity index (χ4v) is 4.33. The highest BCUT2D eigenvalue weighted by Crippen LogP contribution is 2.41. The van der Waals surface area contributed by atoms with Crippen LogP contribution < -0.4 is 14.2 Å². The number of ketones is 1. The number of ether oxygens (including phenoxy) is 3. The van der Waals surface area contributed by atoms with Crippen LogP contribution in [0.1, 0.15) is 36.9 Å². The first kappa shape index (κ1) is 24.6. The van der Waals surface area contributed by atoms with Crippen LogP contribution in [0, 0.1) is 0 Å². The van der Waals surface area contributed by atoms with Crippen LogP contribution in [-0.4, -0.2) is 73.6 Å². The zero-order valence-corrected chi connectivity index (χ0v) is 20.5. The molecule has 1 fully saturated rings. The molecule has 1 N–H and O–H groups in total. The van der Waals surface area contributed by atoms with Crippen LogP contribution in [0.3, 0.4) is 0 Å². The number of Topliss-reactive ketones (excluding diaryl/α,β-unsaturated/α-hetero) is 1. The van der Waals surface area contributed by atoms with E-state index in [0.717, 1.165) is 18.5 Å². The van der Waals surface area contributed by atoms with Gasteiger partial charge in [0.1, 0.15) is 24.7 Å². The predicted octanol–water partition coefficient (Wildman–Crippen LogP) is 3.62. The Hall–Kier alpha value is -3.52. The van der Waals surface area contributed by atoms with E-state index < -0.39 is 17.7 Å². The average Bonchev–Trinajstić information content (AvgIpc) is 3.12. The maximum absolute atomic E-state index is 13.2. The van der Waals surface area contributed by atoms with E-state index in [1.165, 1.54) is 0 Å². The fourth-order valence-electron chi connectivity index (χ4n) is 4.33. The van der Waals surface area contributed by atoms with Gasteiger partial charge in [-0.3, -0.25) is 9.59 Å². The summed E-state index contributed by atoms with van der Waals surface area (Å²) in [6.07, 6.45) is 1.58. The van der Waals surface area contributed by atoms with Crippen molar-refractivity contribution in [3.63, 3.8) is 0 Å². The number of benzene rings is 2. The van der Waals surface area contributed by atoms with Gasteiger partial charge < -0.3 is 29.1 Å². The minimum absolute atomic E-state index is 0.0683. The summed E-state index contributed by atoms with van der Waals surface area (Å²) >= 11 is 0. The highest BCUT2D eigenvalue weighted by molar-refractivity contribution is 6.46. The number of aliphatic hydroxyl groups is 1. The van der Waals surface area contributed by atoms with Gasteiger partial charge in [-0.15, -0.1) is 0 Å². The highest BCUT2D eigenvalue weighted by atomic mass is 16.6. The maximum Gasteiger partial charge on any atom is 0.295 e. The molecule has 1 saturated heterocycles. The average molecular weight is 481 g/mol. The third kappa shape index (κ3) is 5.27. The first-order chi connectivity index (χ1) is 16.9. The molecule has 35 heavy (non-hydrogen) atoms. The predicted molar refractivity (Wildman–Crippen MR) is 132 cm³/mol. The van der Waals surface area contributed by atoms with Crippen molar-refractivity contribution in [2.24, 2.45) is 0 Å². The molecule has 0 bridgehead atoms. The SMILES string of the molecule is CCCOc1ccc(C2/C(=C(/O)c3ccc4c(c3)OCCO4)C(=O)C(=O)N2CCCN(C)C)cc1. The molecule has 0 aliphatic carbocycles. The van der Waals surface area contributed by atoms with E-state index in [2.05, 4.69) is 0 Å². The molecule has 2 heterocycles. The molecule has 8 nitrogen and oxygen atoms in total. The summed E-state index contributed by atoms with van der Waals surface area (Å²) in [5, 5.41) is 11.3. The number of carbonyl (C=O) groups excluding carboxylic acids is 2. The quantitative estimate of drug-likeness (QED) is 0.333. The van der Waals surface area contributed by atoms with Crippen LogP contribution in [0.2, 0.25) is 0 Å². The highest BCUT2D eigenvalue weighted by Gasteiger charge is 2.45. The van der Waals surface area contributed by atoms with E-state index in [-0.39, 0.29) is 11.3 Å². The monoisotopic (exact) mass is 480 g/mol. The second-order valence-corrected chi connectivity index (χ2v) is 8.93. The molecule has 1 amide bonds. The van der Waals surface area contributed by atoms with Gasteiger partial charge in [0.15, 0.2) is 11.5 Å². The summed E-state index contributed by atoms with van der Waals surface area (Å²) < 4.78 is 16.9. The van der Waals surface area contributed by atoms with Crippen molar-refractivity contribution in [3.05, 3.63) is 59.2 Å². The van der Waals surface area contributed by atoms with Crippen LogP contribution in [0.5, 0.6) is 17.2 Å². The Morgan fingerprint density at radius 1 is 1.09 bits per heavy atom. The lowest BCUT2D eigenvalue weighted by atomic mass is 9.95. The largest absolute Gasteiger partial charge is 0.507 e. The Kier molecular flexibility index (Phi) is 7.60. The van der Waals surface area contributed by atoms with Gasteiger partial charge in [-0.1, -0.05) is 19.1 Å². The molecule has 2 aromatic carbocycles. The number of likely N-dealkylation sites (tertiary alicyclic amines) is 1. The van der Waals surface area contributed by atoms with Crippen molar-refractivity contribution in [1.29, 1.82) is 0 Å². The van der Waals surface area contributed by atoms with Gasteiger partial charge in [-0.25, -0.2) is 0 Å². The van der Waals surface area contributed by atoms with Crippen LogP contribution in [0.15, 0.2) is 48.0 Å². The Balaban J connectivity index is 1.74. The second kappa shape index (κ2) is 10.8. The Bertz CT molecular complexity index is 1110. The number of hydrogen-bond acceptors (Lipinski definition) is 7. The lowest BCUT2D eigenvalue weighted by Gasteiger charge is -2.26. The Morgan fingerprint density at radius 2 is 1.80 bits per heavy atom. The molecule has 186 valence electrons. The maximum atomic E-state index is 13.2. The molecule has 8 heteroatoms. The molecule has 0 aromatic heterocycles. The lowest BCUT2D eigenvalue weighted by Crippen LogP contribution is -2.32. The molecule has 1 unspecified atom stereocenters. The smallest absolute Gasteiger partial charge is 0.295 e. The molecule has 2 aliphatic heterocycles. The zero-order chi connectivity index (χ0) is 24.9. The van der Waals surface area contributed by atoms with E-state index in [9.17, 15) is 14.7 Å². The minimum atomic E-state index is -0.703. The number of aliphatic hydroxyl groups excluding tert-OH is 1. The Labute approximate surface area is 205 Å². The van der Waals surface area contributed by atoms with E-state index in [1.54, 1.807) is 23.1 Å². The van der Waals surface area contributed by atoms with Crippen molar-refractivity contribution < 1.29 is 28.9 Å². The van der Waals surface area contributed by atoms with Crippen molar-refractivity contribution >= 4 is 17.4 Å². The molecule has 0 saturated carbocycles. The van der Waals surface area contributed by atoms with E-state index >= 15 is 0 Å². The van der Waals surface area contributed by atoms with Crippen LogP contribution in [-0.2, 0) is 9.59 Å². The van der Waals surface area contributed by atoms with Crippen LogP contribution >= 0.6 is 0 Å². The van der Waals surface area contributed by atoms with Crippen LogP contribution in [0.25, 0.3) is 5.76 Å². The first-order valence-electron chi connectivity index (χ1n) is 12.0. The van der Waals surface area contributed by atoms with Gasteiger partial charge in [0.05, 0.1) is 18.2 Å². The Morgan fingerprint density at radius 3 is 2.49 bits per heavy atom. The summed E-state index contributed by atoms with van der Waals surface area (Å²) in [5.41, 5.74) is 1.20. The normalized spacial score (nSPS) is 18.9. The lowest BCUT2D eigenvalue weighted by molar-refractivity contribution is -0.139. The summed E-state index contributed by atoms with van der Waals surface area (Å²) in [6, 6.07) is 11.7. The van der Waals surface area contributed by atoms with Crippen molar-refractivity contribution in [1.82, 2.24) is 9.80 Å². The molecule has 2 aliphatic rings. The van der Waals surface area contributed by atoms with E-state index in [4.69, 9.17) is 14.2 Å².